The zero-order chi connectivity index (χ0) is 28.6. The van der Waals surface area contributed by atoms with Gasteiger partial charge in [-0.15, -0.1) is 0 Å². The number of nitrogens with two attached hydrogens (primary N) is 1. The van der Waals surface area contributed by atoms with Crippen molar-refractivity contribution < 1.29 is 19.0 Å². The lowest BCUT2D eigenvalue weighted by Crippen LogP contribution is -2.12. The number of esters is 1. The van der Waals surface area contributed by atoms with E-state index in [1.54, 1.807) is 6.20 Å². The van der Waals surface area contributed by atoms with Crippen LogP contribution >= 0.6 is 0 Å². The van der Waals surface area contributed by atoms with Crippen LogP contribution in [0.2, 0.25) is 0 Å². The molecule has 0 amide bonds. The van der Waals surface area contributed by atoms with Gasteiger partial charge in [0.2, 0.25) is 0 Å². The highest BCUT2D eigenvalue weighted by atomic mass is 16.5. The van der Waals surface area contributed by atoms with Gasteiger partial charge in [0.15, 0.2) is 0 Å². The lowest BCUT2D eigenvalue weighted by atomic mass is 9.99. The number of fused-ring (bicyclic) bond motifs is 2. The van der Waals surface area contributed by atoms with Crippen LogP contribution < -0.4 is 10.5 Å². The summed E-state index contributed by atoms with van der Waals surface area (Å²) in [6.07, 6.45) is 5.13. The summed E-state index contributed by atoms with van der Waals surface area (Å²) in [4.78, 5) is 16.8. The van der Waals surface area contributed by atoms with Gasteiger partial charge in [0, 0.05) is 29.1 Å². The normalized spacial score (nSPS) is 16.7. The third-order valence-corrected chi connectivity index (χ3v) is 8.34. The maximum atomic E-state index is 12.5. The largest absolute Gasteiger partial charge is 0.487 e. The Balaban J connectivity index is 1.26. The minimum absolute atomic E-state index is 0.177. The molecular weight excluding hydrogens is 528 g/mol. The molecule has 2 aliphatic rings. The molecule has 1 unspecified atom stereocenters. The van der Waals surface area contributed by atoms with Crippen molar-refractivity contribution in [3.05, 3.63) is 83.7 Å². The molecule has 0 spiro atoms. The Labute approximate surface area is 244 Å². The van der Waals surface area contributed by atoms with Crippen LogP contribution in [0.25, 0.3) is 32.8 Å². The number of anilines is 1. The van der Waals surface area contributed by atoms with Gasteiger partial charge in [0.1, 0.15) is 23.9 Å². The molecule has 2 N–H and O–H groups in total. The molecule has 2 aromatic heterocycles. The second-order valence-corrected chi connectivity index (χ2v) is 11.1. The molecule has 42 heavy (non-hydrogen) atoms. The predicted octanol–water partition coefficient (Wildman–Crippen LogP) is 6.36. The number of aromatic nitrogens is 3. The average Bonchev–Trinajstić information content (AvgIpc) is 3.57. The number of hydrogen-bond acceptors (Lipinski definition) is 7. The van der Waals surface area contributed by atoms with E-state index in [1.165, 1.54) is 5.56 Å². The topological polar surface area (TPSA) is 101 Å². The summed E-state index contributed by atoms with van der Waals surface area (Å²) in [6, 6.07) is 20.9. The van der Waals surface area contributed by atoms with Gasteiger partial charge in [0.05, 0.1) is 31.2 Å². The number of nitrogens with zero attached hydrogens (tertiary/aromatic N) is 3. The second kappa shape index (κ2) is 11.1. The molecule has 214 valence electrons. The monoisotopic (exact) mass is 562 g/mol. The molecule has 1 saturated carbocycles. The molecule has 0 bridgehead atoms. The standard InChI is InChI=1S/C34H34N4O4/c1-2-41-33(39)18-28-26(21-6-7-21)4-3-5-32(28)42-20-30-29-17-24(10-11-31(29)38(37-30)25-13-15-40-19-25)23-9-8-22-12-14-36-34(35)27(22)16-23/h3-5,8-12,14,16-17,21,25H,2,6-7,13,15,18-20H2,1H3,(H2,35,36). The van der Waals surface area contributed by atoms with Crippen molar-refractivity contribution in [3.63, 3.8) is 0 Å². The first kappa shape index (κ1) is 26.5. The fraction of sp³-hybridized carbons (Fsp3) is 0.324. The summed E-state index contributed by atoms with van der Waals surface area (Å²) in [6.45, 7) is 3.84. The number of rotatable bonds is 9. The van der Waals surface area contributed by atoms with Crippen molar-refractivity contribution in [2.45, 2.75) is 51.2 Å². The van der Waals surface area contributed by atoms with Crippen LogP contribution in [0.15, 0.2) is 66.9 Å². The Kier molecular flexibility index (Phi) is 6.99. The molecule has 2 fully saturated rings. The molecule has 1 aliphatic heterocycles. The van der Waals surface area contributed by atoms with E-state index in [4.69, 9.17) is 25.0 Å². The second-order valence-electron chi connectivity index (χ2n) is 11.1. The maximum Gasteiger partial charge on any atom is 0.310 e. The van der Waals surface area contributed by atoms with Gasteiger partial charge in [-0.1, -0.05) is 30.3 Å². The van der Waals surface area contributed by atoms with Crippen molar-refractivity contribution in [1.82, 2.24) is 14.8 Å². The van der Waals surface area contributed by atoms with Crippen LogP contribution in [0.4, 0.5) is 5.82 Å². The fourth-order valence-electron chi connectivity index (χ4n) is 6.04. The maximum absolute atomic E-state index is 12.5. The van der Waals surface area contributed by atoms with E-state index >= 15 is 0 Å². The Morgan fingerprint density at radius 3 is 2.67 bits per heavy atom. The first-order valence-electron chi connectivity index (χ1n) is 14.7. The van der Waals surface area contributed by atoms with Crippen LogP contribution in [0.1, 0.15) is 55.0 Å². The summed E-state index contributed by atoms with van der Waals surface area (Å²) >= 11 is 0. The van der Waals surface area contributed by atoms with Gasteiger partial charge < -0.3 is 19.9 Å². The number of benzene rings is 3. The SMILES string of the molecule is CCOC(=O)Cc1c(OCc2nn(C3CCOC3)c3ccc(-c4ccc5ccnc(N)c5c4)cc23)cccc1C1CC1. The van der Waals surface area contributed by atoms with Gasteiger partial charge in [-0.3, -0.25) is 9.48 Å². The van der Waals surface area contributed by atoms with Crippen molar-refractivity contribution in [1.29, 1.82) is 0 Å². The fourth-order valence-corrected chi connectivity index (χ4v) is 6.04. The van der Waals surface area contributed by atoms with Crippen LogP contribution in [0, 0.1) is 0 Å². The van der Waals surface area contributed by atoms with E-state index in [1.807, 2.05) is 25.1 Å². The Morgan fingerprint density at radius 2 is 1.88 bits per heavy atom. The van der Waals surface area contributed by atoms with Crippen LogP contribution in [0.3, 0.4) is 0 Å². The van der Waals surface area contributed by atoms with E-state index < -0.39 is 0 Å². The van der Waals surface area contributed by atoms with E-state index in [0.717, 1.165) is 69.9 Å². The lowest BCUT2D eigenvalue weighted by molar-refractivity contribution is -0.142. The molecule has 1 aliphatic carbocycles. The molecule has 8 nitrogen and oxygen atoms in total. The molecule has 1 saturated heterocycles. The van der Waals surface area contributed by atoms with Crippen LogP contribution in [-0.2, 0) is 27.3 Å². The number of pyridine rings is 1. The number of carbonyl (C=O) groups is 1. The molecule has 3 aromatic carbocycles. The highest BCUT2D eigenvalue weighted by Crippen LogP contribution is 2.44. The van der Waals surface area contributed by atoms with Gasteiger partial charge in [-0.25, -0.2) is 4.98 Å². The smallest absolute Gasteiger partial charge is 0.310 e. The first-order chi connectivity index (χ1) is 20.6. The van der Waals surface area contributed by atoms with E-state index in [9.17, 15) is 4.79 Å². The Bertz CT molecular complexity index is 1790. The number of nitrogen functional groups attached to an aromatic ring is 1. The molecule has 8 heteroatoms. The molecule has 3 heterocycles. The van der Waals surface area contributed by atoms with Gasteiger partial charge >= 0.3 is 5.97 Å². The van der Waals surface area contributed by atoms with Crippen LogP contribution in [-0.4, -0.2) is 40.6 Å². The molecule has 0 radical (unpaired) electrons. The third-order valence-electron chi connectivity index (χ3n) is 8.34. The number of ether oxygens (including phenoxy) is 3. The van der Waals surface area contributed by atoms with Gasteiger partial charge in [0.25, 0.3) is 0 Å². The van der Waals surface area contributed by atoms with E-state index in [0.29, 0.717) is 30.7 Å². The molecule has 7 rings (SSSR count). The summed E-state index contributed by atoms with van der Waals surface area (Å²) in [7, 11) is 0. The highest BCUT2D eigenvalue weighted by Gasteiger charge is 2.29. The summed E-state index contributed by atoms with van der Waals surface area (Å²) in [5.74, 6) is 1.48. The van der Waals surface area contributed by atoms with Crippen molar-refractivity contribution >= 4 is 33.5 Å². The van der Waals surface area contributed by atoms with Gasteiger partial charge in [-0.05, 0) is 84.5 Å². The van der Waals surface area contributed by atoms with Crippen LogP contribution in [0.5, 0.6) is 5.75 Å². The van der Waals surface area contributed by atoms with E-state index in [2.05, 4.69) is 52.1 Å². The van der Waals surface area contributed by atoms with Crippen molar-refractivity contribution in [3.8, 4) is 16.9 Å². The average molecular weight is 563 g/mol. The first-order valence-corrected chi connectivity index (χ1v) is 14.7. The molecule has 1 atom stereocenters. The van der Waals surface area contributed by atoms with Crippen molar-refractivity contribution in [2.75, 3.05) is 25.6 Å². The quantitative estimate of drug-likeness (QED) is 0.209. The summed E-state index contributed by atoms with van der Waals surface area (Å²) in [5.41, 5.74) is 12.3. The Morgan fingerprint density at radius 1 is 1.05 bits per heavy atom. The molecular formula is C34H34N4O4. The molecule has 5 aromatic rings. The third kappa shape index (κ3) is 5.07. The number of carbonyl (C=O) groups excluding carboxylic acids is 1. The highest BCUT2D eigenvalue weighted by molar-refractivity contribution is 5.95. The zero-order valence-corrected chi connectivity index (χ0v) is 23.7. The predicted molar refractivity (Wildman–Crippen MR) is 162 cm³/mol. The Hall–Kier alpha value is -4.43. The number of hydrogen-bond donors (Lipinski definition) is 1. The minimum atomic E-state index is -0.234. The summed E-state index contributed by atoms with van der Waals surface area (Å²) < 4.78 is 19.6. The van der Waals surface area contributed by atoms with E-state index in [-0.39, 0.29) is 25.0 Å². The zero-order valence-electron chi connectivity index (χ0n) is 23.7. The van der Waals surface area contributed by atoms with Crippen molar-refractivity contribution in [2.24, 2.45) is 0 Å². The van der Waals surface area contributed by atoms with Gasteiger partial charge in [-0.2, -0.15) is 5.10 Å². The minimum Gasteiger partial charge on any atom is -0.487 e. The summed E-state index contributed by atoms with van der Waals surface area (Å²) in [5, 5.41) is 8.09. The lowest BCUT2D eigenvalue weighted by Gasteiger charge is -2.15.